The fraction of sp³-hybridized carbons (Fsp3) is 0.300. The largest absolute Gasteiger partial charge is 0.444 e. The molecule has 0 unspecified atom stereocenters. The Kier molecular flexibility index (Phi) is 6.70. The van der Waals surface area contributed by atoms with E-state index >= 15 is 0 Å². The maximum Gasteiger partial charge on any atom is 0.410 e. The van der Waals surface area contributed by atoms with Gasteiger partial charge in [0.1, 0.15) is 11.4 Å². The molecule has 4 aromatic rings. The van der Waals surface area contributed by atoms with Crippen LogP contribution in [0.3, 0.4) is 0 Å². The molecular weight excluding hydrogens is 464 g/mol. The Hall–Kier alpha value is -4.13. The summed E-state index contributed by atoms with van der Waals surface area (Å²) in [4.78, 5) is 34.4. The summed E-state index contributed by atoms with van der Waals surface area (Å²) >= 11 is 0. The number of pyridine rings is 2. The molecule has 3 heterocycles. The van der Waals surface area contributed by atoms with E-state index in [0.717, 1.165) is 35.2 Å². The zero-order valence-corrected chi connectivity index (χ0v) is 21.5. The first-order valence-electron chi connectivity index (χ1n) is 12.7. The average molecular weight is 497 g/mol. The number of H-pyrrole nitrogens is 1. The normalized spacial score (nSPS) is 14.5. The Bertz CT molecular complexity index is 1450. The van der Waals surface area contributed by atoms with Gasteiger partial charge in [0.15, 0.2) is 0 Å². The van der Waals surface area contributed by atoms with Gasteiger partial charge >= 0.3 is 6.09 Å². The molecule has 7 heteroatoms. The van der Waals surface area contributed by atoms with Crippen molar-refractivity contribution < 1.29 is 9.53 Å². The molecule has 1 amide bonds. The van der Waals surface area contributed by atoms with Gasteiger partial charge in [-0.25, -0.2) is 9.78 Å². The summed E-state index contributed by atoms with van der Waals surface area (Å²) in [6.45, 7) is 7.04. The number of fused-ring (bicyclic) bond motifs is 1. The number of nitrogens with zero attached hydrogens (tertiary/aromatic N) is 2. The number of nitrogens with one attached hydrogen (secondary N) is 2. The zero-order chi connectivity index (χ0) is 26.0. The van der Waals surface area contributed by atoms with Crippen LogP contribution < -0.4 is 10.9 Å². The summed E-state index contributed by atoms with van der Waals surface area (Å²) < 4.78 is 5.51. The van der Waals surface area contributed by atoms with Crippen molar-refractivity contribution in [3.05, 3.63) is 88.8 Å². The van der Waals surface area contributed by atoms with E-state index in [9.17, 15) is 9.59 Å². The Labute approximate surface area is 216 Å². The van der Waals surface area contributed by atoms with Crippen molar-refractivity contribution in [1.82, 2.24) is 14.9 Å². The second-order valence-electron chi connectivity index (χ2n) is 10.5. The minimum Gasteiger partial charge on any atom is -0.444 e. The highest BCUT2D eigenvalue weighted by molar-refractivity contribution is 5.95. The van der Waals surface area contributed by atoms with E-state index in [1.54, 1.807) is 11.1 Å². The number of amides is 1. The average Bonchev–Trinajstić information content (AvgIpc) is 2.89. The van der Waals surface area contributed by atoms with E-state index in [-0.39, 0.29) is 11.7 Å². The number of carbonyl (C=O) groups is 1. The highest BCUT2D eigenvalue weighted by Crippen LogP contribution is 2.31. The van der Waals surface area contributed by atoms with Crippen molar-refractivity contribution >= 4 is 28.4 Å². The molecule has 1 fully saturated rings. The molecule has 0 bridgehead atoms. The van der Waals surface area contributed by atoms with Crippen LogP contribution in [0, 0.1) is 0 Å². The molecular formula is C30H32N4O3. The van der Waals surface area contributed by atoms with Crippen LogP contribution in [0.2, 0.25) is 0 Å². The number of rotatable bonds is 4. The molecule has 37 heavy (non-hydrogen) atoms. The monoisotopic (exact) mass is 496 g/mol. The van der Waals surface area contributed by atoms with Gasteiger partial charge in [0.2, 0.25) is 0 Å². The first kappa shape index (κ1) is 24.6. The first-order valence-corrected chi connectivity index (χ1v) is 12.7. The molecule has 1 saturated heterocycles. The van der Waals surface area contributed by atoms with Crippen molar-refractivity contribution in [3.8, 4) is 11.3 Å². The van der Waals surface area contributed by atoms with E-state index in [1.807, 2.05) is 75.4 Å². The second kappa shape index (κ2) is 10.1. The Morgan fingerprint density at radius 1 is 1.03 bits per heavy atom. The van der Waals surface area contributed by atoms with Crippen molar-refractivity contribution in [2.75, 3.05) is 18.4 Å². The quantitative estimate of drug-likeness (QED) is 0.339. The lowest BCUT2D eigenvalue weighted by Gasteiger charge is -2.33. The lowest BCUT2D eigenvalue weighted by atomic mass is 9.89. The summed E-state index contributed by atoms with van der Waals surface area (Å²) in [7, 11) is 0. The number of anilines is 2. The van der Waals surface area contributed by atoms with Crippen LogP contribution in [-0.2, 0) is 4.74 Å². The minimum absolute atomic E-state index is 0.180. The van der Waals surface area contributed by atoms with Crippen LogP contribution in [0.15, 0.2) is 77.7 Å². The molecule has 7 nitrogen and oxygen atoms in total. The molecule has 2 aromatic heterocycles. The molecule has 2 aromatic carbocycles. The number of benzene rings is 2. The minimum atomic E-state index is -0.484. The Morgan fingerprint density at radius 2 is 1.73 bits per heavy atom. The van der Waals surface area contributed by atoms with Crippen LogP contribution in [0.4, 0.5) is 16.3 Å². The highest BCUT2D eigenvalue weighted by atomic mass is 16.6. The number of likely N-dealkylation sites (tertiary alicyclic amines) is 1. The van der Waals surface area contributed by atoms with Gasteiger partial charge in [-0.2, -0.15) is 0 Å². The molecule has 190 valence electrons. The fourth-order valence-electron chi connectivity index (χ4n) is 4.76. The third-order valence-electron chi connectivity index (χ3n) is 6.62. The topological polar surface area (TPSA) is 87.3 Å². The summed E-state index contributed by atoms with van der Waals surface area (Å²) in [6, 6.07) is 22.0. The van der Waals surface area contributed by atoms with Gasteiger partial charge in [0, 0.05) is 30.5 Å². The number of piperidine rings is 1. The fourth-order valence-corrected chi connectivity index (χ4v) is 4.76. The van der Waals surface area contributed by atoms with Gasteiger partial charge in [-0.1, -0.05) is 42.5 Å². The van der Waals surface area contributed by atoms with Crippen molar-refractivity contribution in [1.29, 1.82) is 0 Å². The van der Waals surface area contributed by atoms with E-state index in [4.69, 9.17) is 9.72 Å². The summed E-state index contributed by atoms with van der Waals surface area (Å²) in [5.41, 5.74) is 3.22. The lowest BCUT2D eigenvalue weighted by molar-refractivity contribution is 0.0205. The summed E-state index contributed by atoms with van der Waals surface area (Å²) in [5.74, 6) is 0.910. The predicted molar refractivity (Wildman–Crippen MR) is 147 cm³/mol. The lowest BCUT2D eigenvalue weighted by Crippen LogP contribution is -2.41. The van der Waals surface area contributed by atoms with Crippen LogP contribution in [0.25, 0.3) is 22.0 Å². The van der Waals surface area contributed by atoms with Crippen molar-refractivity contribution in [3.63, 3.8) is 0 Å². The molecule has 0 radical (unpaired) electrons. The van der Waals surface area contributed by atoms with Crippen LogP contribution in [0.1, 0.15) is 45.1 Å². The molecule has 1 aliphatic heterocycles. The molecule has 0 aliphatic carbocycles. The predicted octanol–water partition coefficient (Wildman–Crippen LogP) is 6.45. The summed E-state index contributed by atoms with van der Waals surface area (Å²) in [6.07, 6.45) is 3.21. The van der Waals surface area contributed by atoms with Crippen LogP contribution in [-0.4, -0.2) is 39.7 Å². The third-order valence-corrected chi connectivity index (χ3v) is 6.62. The third kappa shape index (κ3) is 5.66. The zero-order valence-electron chi connectivity index (χ0n) is 21.5. The van der Waals surface area contributed by atoms with E-state index < -0.39 is 5.60 Å². The van der Waals surface area contributed by atoms with Crippen molar-refractivity contribution in [2.24, 2.45) is 0 Å². The standard InChI is InChI=1S/C30H32N4O3/c1-30(2,3)37-29(36)34-17-14-21(15-18-34)20-9-11-24(12-10-20)32-27-26-23(13-16-31-28(26)35)19-25(33-27)22-7-5-4-6-8-22/h4-13,16,19,21H,14-15,17-18H2,1-3H3,(H,31,35)(H,32,33). The van der Waals surface area contributed by atoms with Gasteiger partial charge in [-0.3, -0.25) is 4.79 Å². The van der Waals surface area contributed by atoms with Gasteiger partial charge < -0.3 is 19.9 Å². The van der Waals surface area contributed by atoms with Gasteiger partial charge in [-0.05, 0) is 74.7 Å². The molecule has 0 atom stereocenters. The van der Waals surface area contributed by atoms with Crippen molar-refractivity contribution in [2.45, 2.75) is 45.1 Å². The van der Waals surface area contributed by atoms with Gasteiger partial charge in [0.05, 0.1) is 11.1 Å². The highest BCUT2D eigenvalue weighted by Gasteiger charge is 2.27. The molecule has 2 N–H and O–H groups in total. The molecule has 5 rings (SSSR count). The maximum absolute atomic E-state index is 12.7. The van der Waals surface area contributed by atoms with E-state index in [0.29, 0.717) is 30.2 Å². The number of hydrogen-bond donors (Lipinski definition) is 2. The Morgan fingerprint density at radius 3 is 2.41 bits per heavy atom. The molecule has 1 aliphatic rings. The second-order valence-corrected chi connectivity index (χ2v) is 10.5. The van der Waals surface area contributed by atoms with Crippen LogP contribution in [0.5, 0.6) is 0 Å². The van der Waals surface area contributed by atoms with Crippen LogP contribution >= 0.6 is 0 Å². The molecule has 0 spiro atoms. The SMILES string of the molecule is CC(C)(C)OC(=O)N1CCC(c2ccc(Nc3nc(-c4ccccc4)cc4cc[nH]c(=O)c34)cc2)CC1. The molecule has 0 saturated carbocycles. The van der Waals surface area contributed by atoms with Gasteiger partial charge in [0.25, 0.3) is 5.56 Å². The maximum atomic E-state index is 12.7. The summed E-state index contributed by atoms with van der Waals surface area (Å²) in [5, 5.41) is 4.73. The number of hydrogen-bond acceptors (Lipinski definition) is 5. The van der Waals surface area contributed by atoms with E-state index in [2.05, 4.69) is 22.4 Å². The van der Waals surface area contributed by atoms with E-state index in [1.165, 1.54) is 5.56 Å². The number of carbonyl (C=O) groups excluding carboxylic acids is 1. The first-order chi connectivity index (χ1) is 17.8. The number of ether oxygens (including phenoxy) is 1. The van der Waals surface area contributed by atoms with Gasteiger partial charge in [-0.15, -0.1) is 0 Å². The number of aromatic nitrogens is 2. The smallest absolute Gasteiger partial charge is 0.410 e. The number of aromatic amines is 1. The Balaban J connectivity index is 1.33.